The first-order valence-electron chi connectivity index (χ1n) is 3.58. The van der Waals surface area contributed by atoms with Gasteiger partial charge in [-0.3, -0.25) is 14.1 Å². The Hall–Kier alpha value is -1.98. The zero-order chi connectivity index (χ0) is 9.26. The lowest BCUT2D eigenvalue weighted by Gasteiger charge is -1.94. The zero-order valence-electron chi connectivity index (χ0n) is 6.84. The van der Waals surface area contributed by atoms with Gasteiger partial charge in [0.1, 0.15) is 5.69 Å². The van der Waals surface area contributed by atoms with Crippen molar-refractivity contribution in [1.29, 1.82) is 0 Å². The van der Waals surface area contributed by atoms with E-state index >= 15 is 0 Å². The van der Waals surface area contributed by atoms with Gasteiger partial charge in [0, 0.05) is 19.4 Å². The van der Waals surface area contributed by atoms with Crippen molar-refractivity contribution in [2.75, 3.05) is 0 Å². The van der Waals surface area contributed by atoms with Crippen LogP contribution in [-0.2, 0) is 7.05 Å². The van der Waals surface area contributed by atoms with Gasteiger partial charge >= 0.3 is 5.76 Å². The third-order valence-electron chi connectivity index (χ3n) is 1.59. The molecule has 0 aliphatic carbocycles. The lowest BCUT2D eigenvalue weighted by Crippen LogP contribution is -2.10. The number of nitrogens with zero attached hydrogens (tertiary/aromatic N) is 4. The Balaban J connectivity index is 2.60. The average molecular weight is 178 g/mol. The van der Waals surface area contributed by atoms with Gasteiger partial charge < -0.3 is 0 Å². The van der Waals surface area contributed by atoms with Gasteiger partial charge in [-0.2, -0.15) is 0 Å². The van der Waals surface area contributed by atoms with Gasteiger partial charge in [-0.1, -0.05) is 5.16 Å². The molecule has 0 bridgehead atoms. The molecule has 66 valence electrons. The number of aromatic nitrogens is 4. The Morgan fingerprint density at radius 2 is 2.31 bits per heavy atom. The van der Waals surface area contributed by atoms with Crippen LogP contribution >= 0.6 is 0 Å². The van der Waals surface area contributed by atoms with E-state index in [1.807, 2.05) is 0 Å². The van der Waals surface area contributed by atoms with E-state index < -0.39 is 5.76 Å². The molecule has 0 unspecified atom stereocenters. The number of hydrogen-bond acceptors (Lipinski definition) is 5. The largest absolute Gasteiger partial charge is 0.441 e. The summed E-state index contributed by atoms with van der Waals surface area (Å²) in [5.41, 5.74) is 0.510. The van der Waals surface area contributed by atoms with Crippen molar-refractivity contribution in [2.24, 2.45) is 7.05 Å². The molecule has 0 spiro atoms. The Bertz CT molecular complexity index is 459. The van der Waals surface area contributed by atoms with Crippen molar-refractivity contribution in [2.45, 2.75) is 0 Å². The lowest BCUT2D eigenvalue weighted by atomic mass is 10.4. The molecule has 0 N–H and O–H groups in total. The summed E-state index contributed by atoms with van der Waals surface area (Å²) in [6.07, 6.45) is 4.58. The fraction of sp³-hybridized carbons (Fsp3) is 0.143. The maximum atomic E-state index is 10.9. The second-order valence-corrected chi connectivity index (χ2v) is 2.42. The van der Waals surface area contributed by atoms with Gasteiger partial charge in [-0.15, -0.1) is 0 Å². The van der Waals surface area contributed by atoms with Crippen molar-refractivity contribution < 1.29 is 4.52 Å². The van der Waals surface area contributed by atoms with Crippen LogP contribution in [0.3, 0.4) is 0 Å². The minimum Gasteiger partial charge on any atom is -0.295 e. The summed E-state index contributed by atoms with van der Waals surface area (Å²) >= 11 is 0. The van der Waals surface area contributed by atoms with Crippen LogP contribution in [0.2, 0.25) is 0 Å². The van der Waals surface area contributed by atoms with Gasteiger partial charge in [0.05, 0.1) is 6.20 Å². The summed E-state index contributed by atoms with van der Waals surface area (Å²) < 4.78 is 5.71. The van der Waals surface area contributed by atoms with E-state index in [1.54, 1.807) is 13.2 Å². The molecule has 13 heavy (non-hydrogen) atoms. The van der Waals surface area contributed by atoms with Crippen molar-refractivity contribution in [3.05, 3.63) is 29.1 Å². The van der Waals surface area contributed by atoms with E-state index in [-0.39, 0.29) is 0 Å². The Labute approximate surface area is 72.8 Å². The molecule has 0 aliphatic heterocycles. The first-order chi connectivity index (χ1) is 6.29. The average Bonchev–Trinajstić information content (AvgIpc) is 2.49. The Morgan fingerprint density at radius 1 is 1.46 bits per heavy atom. The Kier molecular flexibility index (Phi) is 1.66. The summed E-state index contributed by atoms with van der Waals surface area (Å²) in [5.74, 6) is -0.140. The lowest BCUT2D eigenvalue weighted by molar-refractivity contribution is 0.380. The SMILES string of the molecule is Cn1c(-c2cnccn2)noc1=O. The molecule has 0 amide bonds. The topological polar surface area (TPSA) is 73.8 Å². The molecule has 0 fully saturated rings. The van der Waals surface area contributed by atoms with E-state index in [1.165, 1.54) is 17.0 Å². The quantitative estimate of drug-likeness (QED) is 0.606. The highest BCUT2D eigenvalue weighted by atomic mass is 16.5. The van der Waals surface area contributed by atoms with E-state index in [0.717, 1.165) is 0 Å². The molecule has 0 atom stereocenters. The van der Waals surface area contributed by atoms with Crippen LogP contribution in [0.1, 0.15) is 0 Å². The maximum absolute atomic E-state index is 10.9. The highest BCUT2D eigenvalue weighted by molar-refractivity contribution is 5.45. The third-order valence-corrected chi connectivity index (χ3v) is 1.59. The molecule has 0 aliphatic rings. The summed E-state index contributed by atoms with van der Waals surface area (Å²) in [7, 11) is 1.56. The summed E-state index contributed by atoms with van der Waals surface area (Å²) in [4.78, 5) is 18.7. The fourth-order valence-corrected chi connectivity index (χ4v) is 0.924. The van der Waals surface area contributed by atoms with Crippen molar-refractivity contribution in [3.8, 4) is 11.5 Å². The van der Waals surface area contributed by atoms with E-state index in [4.69, 9.17) is 0 Å². The molecule has 2 rings (SSSR count). The Morgan fingerprint density at radius 3 is 2.85 bits per heavy atom. The molecular formula is C7H6N4O2. The fourth-order valence-electron chi connectivity index (χ4n) is 0.924. The van der Waals surface area contributed by atoms with Crippen LogP contribution in [-0.4, -0.2) is 19.7 Å². The van der Waals surface area contributed by atoms with E-state index in [0.29, 0.717) is 11.5 Å². The standard InChI is InChI=1S/C7H6N4O2/c1-11-6(10-13-7(11)12)5-4-8-2-3-9-5/h2-4H,1H3. The van der Waals surface area contributed by atoms with Gasteiger partial charge in [0.15, 0.2) is 0 Å². The smallest absolute Gasteiger partial charge is 0.295 e. The molecule has 0 saturated heterocycles. The summed E-state index contributed by atoms with van der Waals surface area (Å²) in [5, 5.41) is 3.56. The first kappa shape index (κ1) is 7.66. The van der Waals surface area contributed by atoms with Crippen LogP contribution in [0.15, 0.2) is 27.9 Å². The normalized spacial score (nSPS) is 10.2. The molecule has 0 radical (unpaired) electrons. The van der Waals surface area contributed by atoms with E-state index in [9.17, 15) is 4.79 Å². The molecule has 2 aromatic rings. The van der Waals surface area contributed by atoms with Crippen molar-refractivity contribution >= 4 is 0 Å². The predicted molar refractivity (Wildman–Crippen MR) is 42.8 cm³/mol. The van der Waals surface area contributed by atoms with Crippen molar-refractivity contribution in [3.63, 3.8) is 0 Å². The number of hydrogen-bond donors (Lipinski definition) is 0. The first-order valence-corrected chi connectivity index (χ1v) is 3.58. The van der Waals surface area contributed by atoms with Gasteiger partial charge in [-0.25, -0.2) is 9.78 Å². The molecule has 0 aromatic carbocycles. The van der Waals surface area contributed by atoms with Crippen LogP contribution in [0.5, 0.6) is 0 Å². The summed E-state index contributed by atoms with van der Waals surface area (Å²) in [6.45, 7) is 0. The van der Waals surface area contributed by atoms with Gasteiger partial charge in [0.25, 0.3) is 0 Å². The predicted octanol–water partition coefficient (Wildman–Crippen LogP) is -0.170. The monoisotopic (exact) mass is 178 g/mol. The second-order valence-electron chi connectivity index (χ2n) is 2.42. The second kappa shape index (κ2) is 2.81. The minimum atomic E-state index is -0.513. The van der Waals surface area contributed by atoms with Gasteiger partial charge in [0.2, 0.25) is 5.82 Å². The van der Waals surface area contributed by atoms with Crippen LogP contribution in [0.25, 0.3) is 11.5 Å². The molecule has 6 nitrogen and oxygen atoms in total. The minimum absolute atomic E-state index is 0.373. The van der Waals surface area contributed by atoms with E-state index in [2.05, 4.69) is 19.6 Å². The van der Waals surface area contributed by atoms with Crippen LogP contribution in [0, 0.1) is 0 Å². The molecular weight excluding hydrogens is 172 g/mol. The molecule has 0 saturated carbocycles. The third kappa shape index (κ3) is 1.22. The molecule has 2 aromatic heterocycles. The molecule has 2 heterocycles. The van der Waals surface area contributed by atoms with Crippen molar-refractivity contribution in [1.82, 2.24) is 19.7 Å². The number of rotatable bonds is 1. The maximum Gasteiger partial charge on any atom is 0.441 e. The van der Waals surface area contributed by atoms with Crippen LogP contribution in [0.4, 0.5) is 0 Å². The molecule has 6 heteroatoms. The highest BCUT2D eigenvalue weighted by Crippen LogP contribution is 2.07. The van der Waals surface area contributed by atoms with Gasteiger partial charge in [-0.05, 0) is 0 Å². The highest BCUT2D eigenvalue weighted by Gasteiger charge is 2.09. The van der Waals surface area contributed by atoms with Crippen LogP contribution < -0.4 is 5.76 Å². The summed E-state index contributed by atoms with van der Waals surface area (Å²) in [6, 6.07) is 0. The zero-order valence-corrected chi connectivity index (χ0v) is 6.84.